The molecule has 1 fully saturated rings. The Morgan fingerprint density at radius 1 is 1.11 bits per heavy atom. The number of benzene rings is 2. The first-order valence-corrected chi connectivity index (χ1v) is 11.8. The van der Waals surface area contributed by atoms with Crippen molar-refractivity contribution in [2.45, 2.75) is 64.4 Å². The van der Waals surface area contributed by atoms with Crippen molar-refractivity contribution in [2.24, 2.45) is 0 Å². The highest BCUT2D eigenvalue weighted by Gasteiger charge is 2.41. The molecule has 2 heterocycles. The van der Waals surface area contributed by atoms with Crippen molar-refractivity contribution in [3.8, 4) is 5.75 Å². The average molecular weight is 478 g/mol. The van der Waals surface area contributed by atoms with Crippen molar-refractivity contribution in [2.75, 3.05) is 0 Å². The summed E-state index contributed by atoms with van der Waals surface area (Å²) in [4.78, 5) is 29.6. The summed E-state index contributed by atoms with van der Waals surface area (Å²) in [5, 5.41) is 13.1. The van der Waals surface area contributed by atoms with Crippen LogP contribution in [0.15, 0.2) is 54.6 Å². The Bertz CT molecular complexity index is 1200. The first-order chi connectivity index (χ1) is 16.8. The van der Waals surface area contributed by atoms with Gasteiger partial charge in [0, 0.05) is 22.2 Å². The standard InChI is InChI=1S/C27H31N3O5/c1-17-12-21(23-6-4-5-7-24(23)28-17)16-34-22-10-8-20(9-11-22)26(32)29-27(15-25(31)30-33)13-18(2)35-19(3)14-27/h4-12,18-19,33H,13-16H2,1-3H3,(H,29,32)(H,30,31)/t18-,19+,27+. The van der Waals surface area contributed by atoms with Gasteiger partial charge in [0.15, 0.2) is 0 Å². The van der Waals surface area contributed by atoms with Crippen LogP contribution in [0.2, 0.25) is 0 Å². The molecule has 1 aliphatic rings. The van der Waals surface area contributed by atoms with E-state index >= 15 is 0 Å². The highest BCUT2D eigenvalue weighted by Crippen LogP contribution is 2.32. The highest BCUT2D eigenvalue weighted by atomic mass is 16.5. The molecule has 4 rings (SSSR count). The minimum absolute atomic E-state index is 0.0339. The van der Waals surface area contributed by atoms with Crippen LogP contribution in [0.25, 0.3) is 10.9 Å². The van der Waals surface area contributed by atoms with E-state index in [-0.39, 0.29) is 24.5 Å². The van der Waals surface area contributed by atoms with Crippen LogP contribution in [0.5, 0.6) is 5.75 Å². The maximum Gasteiger partial charge on any atom is 0.251 e. The van der Waals surface area contributed by atoms with E-state index in [1.807, 2.05) is 51.1 Å². The van der Waals surface area contributed by atoms with E-state index in [1.165, 1.54) is 0 Å². The Kier molecular flexibility index (Phi) is 7.33. The molecule has 1 saturated heterocycles. The van der Waals surface area contributed by atoms with Gasteiger partial charge in [-0.2, -0.15) is 0 Å². The topological polar surface area (TPSA) is 110 Å². The van der Waals surface area contributed by atoms with Crippen molar-refractivity contribution in [3.63, 3.8) is 0 Å². The van der Waals surface area contributed by atoms with Crippen molar-refractivity contribution in [1.29, 1.82) is 0 Å². The molecule has 1 aromatic heterocycles. The van der Waals surface area contributed by atoms with E-state index < -0.39 is 11.4 Å². The second-order valence-electron chi connectivity index (χ2n) is 9.36. The Morgan fingerprint density at radius 2 is 1.80 bits per heavy atom. The zero-order valence-corrected chi connectivity index (χ0v) is 20.2. The predicted octanol–water partition coefficient (Wildman–Crippen LogP) is 4.07. The van der Waals surface area contributed by atoms with E-state index in [9.17, 15) is 9.59 Å². The number of hydrogen-bond donors (Lipinski definition) is 3. The Labute approximate surface area is 204 Å². The number of ether oxygens (including phenoxy) is 2. The first kappa shape index (κ1) is 24.6. The summed E-state index contributed by atoms with van der Waals surface area (Å²) in [5.41, 5.74) is 4.22. The number of carbonyl (C=O) groups is 2. The van der Waals surface area contributed by atoms with Crippen molar-refractivity contribution in [3.05, 3.63) is 71.4 Å². The third-order valence-electron chi connectivity index (χ3n) is 6.26. The summed E-state index contributed by atoms with van der Waals surface area (Å²) in [6.45, 7) is 6.16. The van der Waals surface area contributed by atoms with Gasteiger partial charge in [0.1, 0.15) is 12.4 Å². The van der Waals surface area contributed by atoms with Crippen LogP contribution in [0.1, 0.15) is 54.7 Å². The molecule has 0 spiro atoms. The molecule has 2 aromatic carbocycles. The minimum Gasteiger partial charge on any atom is -0.489 e. The van der Waals surface area contributed by atoms with E-state index in [4.69, 9.17) is 14.7 Å². The summed E-state index contributed by atoms with van der Waals surface area (Å²) in [5.74, 6) is -0.198. The lowest BCUT2D eigenvalue weighted by molar-refractivity contribution is -0.133. The van der Waals surface area contributed by atoms with Gasteiger partial charge in [-0.15, -0.1) is 0 Å². The third-order valence-corrected chi connectivity index (χ3v) is 6.26. The van der Waals surface area contributed by atoms with Crippen LogP contribution in [0.3, 0.4) is 0 Å². The molecule has 2 amide bonds. The average Bonchev–Trinajstić information content (AvgIpc) is 2.81. The van der Waals surface area contributed by atoms with Gasteiger partial charge in [0.2, 0.25) is 5.91 Å². The Hall–Kier alpha value is -3.49. The second-order valence-corrected chi connectivity index (χ2v) is 9.36. The van der Waals surface area contributed by atoms with Crippen molar-refractivity contribution in [1.82, 2.24) is 15.8 Å². The number of hydroxylamine groups is 1. The number of carbonyl (C=O) groups excluding carboxylic acids is 2. The number of aryl methyl sites for hydroxylation is 1. The summed E-state index contributed by atoms with van der Waals surface area (Å²) in [6, 6.07) is 16.9. The molecule has 8 nitrogen and oxygen atoms in total. The number of nitrogens with zero attached hydrogens (tertiary/aromatic N) is 1. The number of pyridine rings is 1. The third kappa shape index (κ3) is 5.96. The van der Waals surface area contributed by atoms with E-state index in [0.717, 1.165) is 22.2 Å². The summed E-state index contributed by atoms with van der Waals surface area (Å²) in [7, 11) is 0. The number of nitrogens with one attached hydrogen (secondary N) is 2. The van der Waals surface area contributed by atoms with E-state index in [2.05, 4.69) is 10.3 Å². The predicted molar refractivity (Wildman–Crippen MR) is 131 cm³/mol. The lowest BCUT2D eigenvalue weighted by Crippen LogP contribution is -2.57. The number of rotatable bonds is 7. The molecule has 3 N–H and O–H groups in total. The SMILES string of the molecule is Cc1cc(COc2ccc(C(=O)N[C@@]3(CC(=O)NO)C[C@@H](C)O[C@@H](C)C3)cc2)c2ccccc2n1. The molecule has 0 bridgehead atoms. The summed E-state index contributed by atoms with van der Waals surface area (Å²) >= 11 is 0. The molecule has 3 atom stereocenters. The lowest BCUT2D eigenvalue weighted by Gasteiger charge is -2.43. The largest absolute Gasteiger partial charge is 0.489 e. The molecule has 0 aliphatic carbocycles. The van der Waals surface area contributed by atoms with Crippen LogP contribution in [0.4, 0.5) is 0 Å². The molecule has 35 heavy (non-hydrogen) atoms. The number of hydrogen-bond acceptors (Lipinski definition) is 6. The van der Waals surface area contributed by atoms with Gasteiger partial charge >= 0.3 is 0 Å². The van der Waals surface area contributed by atoms with Gasteiger partial charge in [-0.1, -0.05) is 18.2 Å². The lowest BCUT2D eigenvalue weighted by atomic mass is 9.80. The summed E-state index contributed by atoms with van der Waals surface area (Å²) in [6.07, 6.45) is 0.644. The zero-order chi connectivity index (χ0) is 25.0. The molecule has 1 aliphatic heterocycles. The van der Waals surface area contributed by atoms with Gasteiger partial charge < -0.3 is 14.8 Å². The maximum absolute atomic E-state index is 13.1. The van der Waals surface area contributed by atoms with Gasteiger partial charge in [-0.25, -0.2) is 5.48 Å². The molecule has 8 heteroatoms. The highest BCUT2D eigenvalue weighted by molar-refractivity contribution is 5.95. The van der Waals surface area contributed by atoms with E-state index in [0.29, 0.717) is 30.8 Å². The zero-order valence-electron chi connectivity index (χ0n) is 20.2. The van der Waals surface area contributed by atoms with E-state index in [1.54, 1.807) is 29.7 Å². The number of fused-ring (bicyclic) bond motifs is 1. The smallest absolute Gasteiger partial charge is 0.251 e. The quantitative estimate of drug-likeness (QED) is 0.350. The van der Waals surface area contributed by atoms with Crippen molar-refractivity contribution < 1.29 is 24.3 Å². The van der Waals surface area contributed by atoms with Gasteiger partial charge in [0.05, 0.1) is 29.7 Å². The second kappa shape index (κ2) is 10.4. The van der Waals surface area contributed by atoms with Crippen LogP contribution in [-0.4, -0.2) is 39.8 Å². The Morgan fingerprint density at radius 3 is 2.49 bits per heavy atom. The first-order valence-electron chi connectivity index (χ1n) is 11.8. The normalized spacial score (nSPS) is 21.9. The van der Waals surface area contributed by atoms with Crippen LogP contribution < -0.4 is 15.5 Å². The fourth-order valence-corrected chi connectivity index (χ4v) is 5.00. The summed E-state index contributed by atoms with van der Waals surface area (Å²) < 4.78 is 11.8. The number of para-hydroxylation sites is 1. The molecule has 0 unspecified atom stereocenters. The fraction of sp³-hybridized carbons (Fsp3) is 0.370. The Balaban J connectivity index is 1.45. The molecule has 184 valence electrons. The number of amides is 2. The monoisotopic (exact) mass is 477 g/mol. The molecule has 3 aromatic rings. The molecule has 0 saturated carbocycles. The van der Waals surface area contributed by atoms with Crippen LogP contribution in [-0.2, 0) is 16.1 Å². The molecule has 0 radical (unpaired) electrons. The van der Waals surface area contributed by atoms with Crippen LogP contribution in [0, 0.1) is 6.92 Å². The van der Waals surface area contributed by atoms with Gasteiger partial charge in [0.25, 0.3) is 5.91 Å². The molecular formula is C27H31N3O5. The minimum atomic E-state index is -0.809. The van der Waals surface area contributed by atoms with Crippen molar-refractivity contribution >= 4 is 22.7 Å². The fourth-order valence-electron chi connectivity index (χ4n) is 5.00. The maximum atomic E-state index is 13.1. The number of aromatic nitrogens is 1. The van der Waals surface area contributed by atoms with Crippen LogP contribution >= 0.6 is 0 Å². The molecular weight excluding hydrogens is 446 g/mol. The van der Waals surface area contributed by atoms with Gasteiger partial charge in [-0.05, 0) is 70.0 Å². The van der Waals surface area contributed by atoms with Gasteiger partial charge in [-0.3, -0.25) is 19.8 Å².